The van der Waals surface area contributed by atoms with Crippen LogP contribution in [0.4, 0.5) is 29.2 Å². The van der Waals surface area contributed by atoms with Crippen LogP contribution in [0.5, 0.6) is 11.8 Å². The fraction of sp³-hybridized carbons (Fsp3) is 0.425. The van der Waals surface area contributed by atoms with E-state index in [1.165, 1.54) is 18.6 Å². The number of aromatic nitrogens is 4. The molecule has 3 N–H and O–H groups in total. The van der Waals surface area contributed by atoms with Gasteiger partial charge in [0.2, 0.25) is 5.91 Å². The van der Waals surface area contributed by atoms with Crippen LogP contribution in [-0.4, -0.2) is 99.7 Å². The molecule has 5 aliphatic rings. The van der Waals surface area contributed by atoms with Crippen LogP contribution in [0.3, 0.4) is 0 Å². The van der Waals surface area contributed by atoms with Crippen LogP contribution in [0.1, 0.15) is 47.2 Å². The van der Waals surface area contributed by atoms with E-state index in [2.05, 4.69) is 31.7 Å². The normalized spacial score (nSPS) is 22.1. The lowest BCUT2D eigenvalue weighted by molar-refractivity contribution is -0.137. The van der Waals surface area contributed by atoms with Crippen molar-refractivity contribution in [1.82, 2.24) is 35.1 Å². The Hall–Kier alpha value is -5.06. The number of piperazine rings is 1. The molecule has 2 atom stereocenters. The Bertz CT molecular complexity index is 2380. The number of benzene rings is 1. The molecule has 0 unspecified atom stereocenters. The van der Waals surface area contributed by atoms with Gasteiger partial charge in [-0.15, -0.1) is 0 Å². The molecule has 1 aromatic carbocycles. The van der Waals surface area contributed by atoms with Gasteiger partial charge in [-0.05, 0) is 80.6 Å². The van der Waals surface area contributed by atoms with Gasteiger partial charge in [-0.3, -0.25) is 14.7 Å². The predicted molar refractivity (Wildman–Crippen MR) is 207 cm³/mol. The van der Waals surface area contributed by atoms with Gasteiger partial charge in [0.25, 0.3) is 0 Å². The van der Waals surface area contributed by atoms with Gasteiger partial charge in [0.05, 0.1) is 44.5 Å². The van der Waals surface area contributed by atoms with Crippen molar-refractivity contribution < 1.29 is 31.8 Å². The summed E-state index contributed by atoms with van der Waals surface area (Å²) in [5.41, 5.74) is 6.47. The second-order valence-corrected chi connectivity index (χ2v) is 15.9. The quantitative estimate of drug-likeness (QED) is 0.141. The molecule has 4 aromatic rings. The molecule has 3 aromatic heterocycles. The summed E-state index contributed by atoms with van der Waals surface area (Å²) in [6.07, 6.45) is 3.51. The van der Waals surface area contributed by atoms with Gasteiger partial charge < -0.3 is 30.3 Å². The van der Waals surface area contributed by atoms with E-state index in [1.54, 1.807) is 17.2 Å². The zero-order chi connectivity index (χ0) is 39.8. The van der Waals surface area contributed by atoms with Gasteiger partial charge in [0.15, 0.2) is 11.6 Å². The first-order valence-corrected chi connectivity index (χ1v) is 19.3. The highest BCUT2D eigenvalue weighted by Gasteiger charge is 2.47. The maximum Gasteiger partial charge on any atom is 0.418 e. The number of anilines is 2. The fourth-order valence-corrected chi connectivity index (χ4v) is 9.54. The Morgan fingerprint density at radius 1 is 1.25 bits per heavy atom. The van der Waals surface area contributed by atoms with Crippen LogP contribution in [0.2, 0.25) is 5.02 Å². The molecule has 17 heteroatoms. The minimum absolute atomic E-state index is 0.0605. The fourth-order valence-electron chi connectivity index (χ4n) is 9.21. The van der Waals surface area contributed by atoms with Crippen LogP contribution in [0.15, 0.2) is 36.6 Å². The van der Waals surface area contributed by atoms with Crippen molar-refractivity contribution in [2.24, 2.45) is 0 Å². The molecule has 8 heterocycles. The molecule has 298 valence electrons. The number of hydrogen-bond acceptors (Lipinski definition) is 11. The molecule has 3 saturated heterocycles. The molecule has 0 spiro atoms. The number of fused-ring (bicyclic) bond motifs is 4. The van der Waals surface area contributed by atoms with Gasteiger partial charge in [0.1, 0.15) is 30.4 Å². The van der Waals surface area contributed by atoms with Gasteiger partial charge in [-0.25, -0.2) is 9.37 Å². The lowest BCUT2D eigenvalue weighted by Gasteiger charge is -2.40. The highest BCUT2D eigenvalue weighted by Crippen LogP contribution is 2.51. The summed E-state index contributed by atoms with van der Waals surface area (Å²) in [6.45, 7) is 9.49. The number of amides is 1. The zero-order valence-electron chi connectivity index (χ0n) is 31.2. The van der Waals surface area contributed by atoms with E-state index in [9.17, 15) is 18.0 Å². The summed E-state index contributed by atoms with van der Waals surface area (Å²) in [5, 5.41) is 2.99. The highest BCUT2D eigenvalue weighted by molar-refractivity contribution is 6.36. The summed E-state index contributed by atoms with van der Waals surface area (Å²) in [5.74, 6) is -1.51. The van der Waals surface area contributed by atoms with Crippen molar-refractivity contribution in [2.75, 3.05) is 63.1 Å². The molecule has 0 aliphatic carbocycles. The molecule has 9 rings (SSSR count). The zero-order valence-corrected chi connectivity index (χ0v) is 31.9. The molecule has 0 saturated carbocycles. The van der Waals surface area contributed by atoms with Gasteiger partial charge >= 0.3 is 12.2 Å². The second kappa shape index (κ2) is 14.1. The van der Waals surface area contributed by atoms with Crippen LogP contribution < -0.4 is 25.4 Å². The van der Waals surface area contributed by atoms with Crippen LogP contribution in [0.25, 0.3) is 28.2 Å². The Morgan fingerprint density at radius 3 is 2.91 bits per heavy atom. The van der Waals surface area contributed by atoms with E-state index in [4.69, 9.17) is 31.8 Å². The topological polar surface area (TPSA) is 135 Å². The number of carbonyl (C=O) groups is 1. The van der Waals surface area contributed by atoms with E-state index < -0.39 is 39.9 Å². The van der Waals surface area contributed by atoms with Crippen molar-refractivity contribution in [1.29, 1.82) is 0 Å². The summed E-state index contributed by atoms with van der Waals surface area (Å²) >= 11 is 6.90. The smallest absolute Gasteiger partial charge is 0.418 e. The van der Waals surface area contributed by atoms with Crippen LogP contribution >= 0.6 is 11.6 Å². The second-order valence-electron chi connectivity index (χ2n) is 15.5. The Balaban J connectivity index is 1.11. The highest BCUT2D eigenvalue weighted by atomic mass is 35.5. The molecule has 3 fully saturated rings. The number of aryl methyl sites for hydroxylation is 1. The SMILES string of the molecule is C=C1CN2CCC[C@@]2(COc2nc3c4c(c(Cl)c(-c5nc(N)cc(C)c5C(F)(F)F)c(F)c4n2)OC[C@@H]2CN(C(=O)/C=C/c4nccc5c4CNCC5)CCN32)C1. The summed E-state index contributed by atoms with van der Waals surface area (Å²) in [6, 6.07) is 2.40. The van der Waals surface area contributed by atoms with Gasteiger partial charge in [-0.1, -0.05) is 23.8 Å². The van der Waals surface area contributed by atoms with Crippen molar-refractivity contribution in [3.05, 3.63) is 75.3 Å². The maximum atomic E-state index is 17.2. The third-order valence-corrected chi connectivity index (χ3v) is 12.2. The van der Waals surface area contributed by atoms with E-state index in [0.29, 0.717) is 6.54 Å². The largest absolute Gasteiger partial charge is 0.489 e. The summed E-state index contributed by atoms with van der Waals surface area (Å²) < 4.78 is 73.6. The molecular weight excluding hydrogens is 766 g/mol. The first-order chi connectivity index (χ1) is 27.3. The third kappa shape index (κ3) is 6.51. The number of nitrogens with one attached hydrogen (secondary N) is 1. The lowest BCUT2D eigenvalue weighted by atomic mass is 9.94. The lowest BCUT2D eigenvalue weighted by Crippen LogP contribution is -2.56. The standard InChI is InChI=1S/C40H40ClF4N9O3/c1-21-15-39(8-3-11-53(39)17-21)20-57-38-50-35-30-36(32(41)29(33(35)42)34-31(40(43,44)45)22(2)14-27(46)49-34)56-19-24-18-52(12-13-54(24)37(30)51-38)28(55)5-4-26-25-16-47-9-6-23(25)7-10-48-26/h4-5,7,10,14,24,47H,1,3,6,8-9,11-13,15-20H2,2H3,(H2,46,49)/b5-4+/t24-,39-/m0/s1. The first kappa shape index (κ1) is 37.5. The van der Waals surface area contributed by atoms with Crippen molar-refractivity contribution >= 4 is 46.1 Å². The van der Waals surface area contributed by atoms with Crippen LogP contribution in [0, 0.1) is 12.7 Å². The van der Waals surface area contributed by atoms with Crippen LogP contribution in [-0.2, 0) is 23.9 Å². The molecule has 12 nitrogen and oxygen atoms in total. The molecule has 5 aliphatic heterocycles. The number of halogens is 5. The number of carbonyl (C=O) groups excluding carboxylic acids is 1. The minimum atomic E-state index is -4.93. The Labute approximate surface area is 330 Å². The molecule has 0 radical (unpaired) electrons. The Morgan fingerprint density at radius 2 is 2.09 bits per heavy atom. The molecular formula is C40H40ClF4N9O3. The van der Waals surface area contributed by atoms with E-state index in [1.807, 2.05) is 11.0 Å². The monoisotopic (exact) mass is 805 g/mol. The number of hydrogen-bond donors (Lipinski definition) is 2. The van der Waals surface area contributed by atoms with Crippen molar-refractivity contribution in [3.63, 3.8) is 0 Å². The van der Waals surface area contributed by atoms with E-state index in [-0.39, 0.29) is 84.2 Å². The van der Waals surface area contributed by atoms with E-state index >= 15 is 4.39 Å². The number of alkyl halides is 3. The number of nitrogens with zero attached hydrogens (tertiary/aromatic N) is 7. The number of nitrogen functional groups attached to an aromatic ring is 1. The number of ether oxygens (including phenoxy) is 2. The summed E-state index contributed by atoms with van der Waals surface area (Å²) in [7, 11) is 0. The average molecular weight is 806 g/mol. The first-order valence-electron chi connectivity index (χ1n) is 19.0. The number of nitrogens with two attached hydrogens (primary N) is 1. The maximum absolute atomic E-state index is 17.2. The minimum Gasteiger partial charge on any atom is -0.489 e. The number of rotatable bonds is 6. The molecule has 57 heavy (non-hydrogen) atoms. The molecule has 1 amide bonds. The summed E-state index contributed by atoms with van der Waals surface area (Å²) in [4.78, 5) is 37.4. The average Bonchev–Trinajstić information content (AvgIpc) is 3.64. The Kier molecular flexibility index (Phi) is 9.28. The van der Waals surface area contributed by atoms with Crippen molar-refractivity contribution in [3.8, 4) is 23.0 Å². The van der Waals surface area contributed by atoms with E-state index in [0.717, 1.165) is 68.2 Å². The molecule has 0 bridgehead atoms. The van der Waals surface area contributed by atoms with Crippen molar-refractivity contribution in [2.45, 2.75) is 56.9 Å². The predicted octanol–water partition coefficient (Wildman–Crippen LogP) is 5.73. The van der Waals surface area contributed by atoms with Gasteiger partial charge in [-0.2, -0.15) is 23.1 Å². The van der Waals surface area contributed by atoms with Gasteiger partial charge in [0, 0.05) is 45.0 Å². The third-order valence-electron chi connectivity index (χ3n) is 11.8. The number of pyridine rings is 2.